The first-order valence-electron chi connectivity index (χ1n) is 7.63. The molecule has 1 aromatic heterocycles. The third-order valence-electron chi connectivity index (χ3n) is 3.35. The number of aromatic nitrogens is 1. The third-order valence-corrected chi connectivity index (χ3v) is 4.48. The van der Waals surface area contributed by atoms with Crippen LogP contribution in [0.4, 0.5) is 0 Å². The smallest absolute Gasteiger partial charge is 0.222 e. The average molecular weight is 349 g/mol. The lowest BCUT2D eigenvalue weighted by Gasteiger charge is -2.19. The molecule has 6 nitrogen and oxygen atoms in total. The number of hydrogen-bond acceptors (Lipinski definition) is 5. The summed E-state index contributed by atoms with van der Waals surface area (Å²) in [6.07, 6.45) is 3.48. The van der Waals surface area contributed by atoms with Gasteiger partial charge in [0.15, 0.2) is 0 Å². The van der Waals surface area contributed by atoms with Gasteiger partial charge in [-0.3, -0.25) is 14.6 Å². The fraction of sp³-hybridized carbons (Fsp3) is 0.471. The van der Waals surface area contributed by atoms with E-state index in [1.807, 2.05) is 5.94 Å². The fourth-order valence-corrected chi connectivity index (χ4v) is 3.04. The number of thioether (sulfide) groups is 1. The SMILES string of the molecule is CC(=O)NCCSCC(CC(=O)N(C)C)C(=C=O)c1cccnc1. The Morgan fingerprint density at radius 2 is 2.17 bits per heavy atom. The highest BCUT2D eigenvalue weighted by molar-refractivity contribution is 7.99. The number of nitrogens with one attached hydrogen (secondary N) is 1. The van der Waals surface area contributed by atoms with Gasteiger partial charge in [-0.15, -0.1) is 0 Å². The number of pyridine rings is 1. The molecule has 0 aromatic carbocycles. The lowest BCUT2D eigenvalue weighted by Crippen LogP contribution is -2.26. The quantitative estimate of drug-likeness (QED) is 0.536. The van der Waals surface area contributed by atoms with Crippen LogP contribution in [0.5, 0.6) is 0 Å². The Bertz CT molecular complexity index is 598. The predicted octanol–water partition coefficient (Wildman–Crippen LogP) is 1.26. The monoisotopic (exact) mass is 349 g/mol. The van der Waals surface area contributed by atoms with Crippen molar-refractivity contribution < 1.29 is 14.4 Å². The first kappa shape index (κ1) is 19.9. The summed E-state index contributed by atoms with van der Waals surface area (Å²) >= 11 is 1.59. The van der Waals surface area contributed by atoms with Gasteiger partial charge in [0.1, 0.15) is 5.94 Å². The van der Waals surface area contributed by atoms with Crippen LogP contribution in [-0.2, 0) is 14.4 Å². The Hall–Kier alpha value is -2.11. The second kappa shape index (κ2) is 10.6. The molecular formula is C17H23N3O3S. The molecule has 0 saturated heterocycles. The van der Waals surface area contributed by atoms with Gasteiger partial charge in [-0.25, -0.2) is 4.79 Å². The molecule has 1 N–H and O–H groups in total. The lowest BCUT2D eigenvalue weighted by molar-refractivity contribution is -0.129. The highest BCUT2D eigenvalue weighted by atomic mass is 32.2. The van der Waals surface area contributed by atoms with E-state index in [9.17, 15) is 14.4 Å². The summed E-state index contributed by atoms with van der Waals surface area (Å²) in [7, 11) is 3.38. The number of amides is 2. The predicted molar refractivity (Wildman–Crippen MR) is 96.1 cm³/mol. The minimum Gasteiger partial charge on any atom is -0.356 e. The van der Waals surface area contributed by atoms with Crippen molar-refractivity contribution in [2.45, 2.75) is 13.3 Å². The number of allylic oxidation sites excluding steroid dienone is 1. The van der Waals surface area contributed by atoms with Gasteiger partial charge in [-0.1, -0.05) is 6.07 Å². The summed E-state index contributed by atoms with van der Waals surface area (Å²) in [5, 5.41) is 2.72. The zero-order valence-electron chi connectivity index (χ0n) is 14.2. The minimum atomic E-state index is -0.246. The van der Waals surface area contributed by atoms with Gasteiger partial charge in [-0.2, -0.15) is 11.8 Å². The third kappa shape index (κ3) is 6.98. The van der Waals surface area contributed by atoms with Gasteiger partial charge < -0.3 is 10.2 Å². The molecule has 7 heteroatoms. The van der Waals surface area contributed by atoms with Gasteiger partial charge in [-0.05, 0) is 6.07 Å². The Labute approximate surface area is 146 Å². The molecule has 1 heterocycles. The fourth-order valence-electron chi connectivity index (χ4n) is 2.06. The van der Waals surface area contributed by atoms with Crippen molar-refractivity contribution in [3.63, 3.8) is 0 Å². The van der Waals surface area contributed by atoms with Crippen LogP contribution in [0.15, 0.2) is 24.5 Å². The molecule has 0 aliphatic heterocycles. The van der Waals surface area contributed by atoms with E-state index in [0.717, 1.165) is 0 Å². The van der Waals surface area contributed by atoms with E-state index in [2.05, 4.69) is 10.3 Å². The molecule has 0 radical (unpaired) electrons. The standard InChI is InChI=1S/C17H23N3O3S/c1-13(22)19-7-8-24-12-15(9-17(23)20(2)3)16(11-21)14-5-4-6-18-10-14/h4-6,10,15H,7-9,12H2,1-3H3,(H,19,22). The maximum Gasteiger partial charge on any atom is 0.222 e. The van der Waals surface area contributed by atoms with Crippen LogP contribution in [0.1, 0.15) is 18.9 Å². The molecule has 0 spiro atoms. The van der Waals surface area contributed by atoms with E-state index < -0.39 is 0 Å². The number of rotatable bonds is 9. The van der Waals surface area contributed by atoms with Crippen molar-refractivity contribution >= 4 is 35.1 Å². The van der Waals surface area contributed by atoms with Crippen LogP contribution < -0.4 is 5.32 Å². The van der Waals surface area contributed by atoms with Gasteiger partial charge in [0.25, 0.3) is 0 Å². The maximum absolute atomic E-state index is 12.1. The number of hydrogen-bond donors (Lipinski definition) is 1. The Kier molecular flexibility index (Phi) is 8.83. The summed E-state index contributed by atoms with van der Waals surface area (Å²) in [5.41, 5.74) is 1.15. The van der Waals surface area contributed by atoms with Gasteiger partial charge in [0, 0.05) is 74.9 Å². The zero-order valence-corrected chi connectivity index (χ0v) is 15.1. The summed E-state index contributed by atoms with van der Waals surface area (Å²) in [6.45, 7) is 2.03. The highest BCUT2D eigenvalue weighted by Gasteiger charge is 2.22. The van der Waals surface area contributed by atoms with Gasteiger partial charge in [0.05, 0.1) is 0 Å². The van der Waals surface area contributed by atoms with Crippen LogP contribution in [0, 0.1) is 5.92 Å². The van der Waals surface area contributed by atoms with Gasteiger partial charge in [0.2, 0.25) is 11.8 Å². The molecule has 24 heavy (non-hydrogen) atoms. The molecule has 2 amide bonds. The van der Waals surface area contributed by atoms with Crippen molar-refractivity contribution in [2.75, 3.05) is 32.1 Å². The summed E-state index contributed by atoms with van der Waals surface area (Å²) in [6, 6.07) is 3.55. The van der Waals surface area contributed by atoms with E-state index in [1.54, 1.807) is 50.4 Å². The largest absolute Gasteiger partial charge is 0.356 e. The molecule has 1 rings (SSSR count). The minimum absolute atomic E-state index is 0.0425. The average Bonchev–Trinajstić information content (AvgIpc) is 2.55. The van der Waals surface area contributed by atoms with Crippen LogP contribution in [0.3, 0.4) is 0 Å². The summed E-state index contributed by atoms with van der Waals surface area (Å²) in [5.74, 6) is 2.94. The Morgan fingerprint density at radius 3 is 2.71 bits per heavy atom. The topological polar surface area (TPSA) is 79.4 Å². The van der Waals surface area contributed by atoms with Crippen molar-refractivity contribution in [3.05, 3.63) is 30.1 Å². The summed E-state index contributed by atoms with van der Waals surface area (Å²) < 4.78 is 0. The Morgan fingerprint density at radius 1 is 1.42 bits per heavy atom. The van der Waals surface area contributed by atoms with E-state index in [1.165, 1.54) is 11.8 Å². The van der Waals surface area contributed by atoms with E-state index in [0.29, 0.717) is 29.2 Å². The van der Waals surface area contributed by atoms with Crippen molar-refractivity contribution in [3.8, 4) is 0 Å². The van der Waals surface area contributed by atoms with Crippen molar-refractivity contribution in [1.29, 1.82) is 0 Å². The van der Waals surface area contributed by atoms with E-state index in [-0.39, 0.29) is 24.2 Å². The second-order valence-electron chi connectivity index (χ2n) is 5.50. The maximum atomic E-state index is 12.1. The van der Waals surface area contributed by atoms with Crippen LogP contribution >= 0.6 is 11.8 Å². The van der Waals surface area contributed by atoms with Crippen molar-refractivity contribution in [2.24, 2.45) is 5.92 Å². The molecule has 1 unspecified atom stereocenters. The molecule has 1 aromatic rings. The number of carbonyl (C=O) groups excluding carboxylic acids is 3. The highest BCUT2D eigenvalue weighted by Crippen LogP contribution is 2.27. The van der Waals surface area contributed by atoms with Crippen LogP contribution in [0.2, 0.25) is 0 Å². The Balaban J connectivity index is 2.78. The lowest BCUT2D eigenvalue weighted by atomic mass is 9.93. The number of nitrogens with zero attached hydrogens (tertiary/aromatic N) is 2. The second-order valence-corrected chi connectivity index (χ2v) is 6.65. The van der Waals surface area contributed by atoms with Crippen LogP contribution in [-0.4, -0.2) is 59.8 Å². The molecule has 0 aliphatic carbocycles. The van der Waals surface area contributed by atoms with E-state index >= 15 is 0 Å². The normalized spacial score (nSPS) is 11.3. The molecule has 130 valence electrons. The van der Waals surface area contributed by atoms with E-state index in [4.69, 9.17) is 0 Å². The molecule has 0 saturated carbocycles. The van der Waals surface area contributed by atoms with Crippen LogP contribution in [0.25, 0.3) is 5.57 Å². The molecule has 1 atom stereocenters. The summed E-state index contributed by atoms with van der Waals surface area (Å²) in [4.78, 5) is 40.0. The van der Waals surface area contributed by atoms with Gasteiger partial charge >= 0.3 is 0 Å². The first-order chi connectivity index (χ1) is 11.5. The zero-order chi connectivity index (χ0) is 17.9. The number of carbonyl (C=O) groups is 2. The van der Waals surface area contributed by atoms with Crippen molar-refractivity contribution in [1.82, 2.24) is 15.2 Å². The molecule has 0 fully saturated rings. The molecule has 0 aliphatic rings. The first-order valence-corrected chi connectivity index (χ1v) is 8.79. The molecule has 0 bridgehead atoms. The molecular weight excluding hydrogens is 326 g/mol.